The summed E-state index contributed by atoms with van der Waals surface area (Å²) < 4.78 is 13.0. The molecule has 0 aliphatic carbocycles. The Morgan fingerprint density at radius 1 is 1.00 bits per heavy atom. The third-order valence-corrected chi connectivity index (χ3v) is 7.92. The molecule has 4 fully saturated rings. The molecule has 4 saturated heterocycles. The van der Waals surface area contributed by atoms with Crippen molar-refractivity contribution in [1.82, 2.24) is 25.3 Å². The molecule has 3 atom stereocenters. The lowest BCUT2D eigenvalue weighted by molar-refractivity contribution is -0.144. The van der Waals surface area contributed by atoms with E-state index < -0.39 is 0 Å². The van der Waals surface area contributed by atoms with Crippen LogP contribution in [0.15, 0.2) is 24.3 Å². The van der Waals surface area contributed by atoms with Gasteiger partial charge in [0.2, 0.25) is 5.91 Å². The molecule has 4 heterocycles. The zero-order valence-corrected chi connectivity index (χ0v) is 19.5. The number of piperidine rings is 4. The van der Waals surface area contributed by atoms with E-state index in [-0.39, 0.29) is 23.9 Å². The molecule has 0 spiro atoms. The molecule has 2 N–H and O–H groups in total. The molecule has 1 aromatic rings. The molecule has 184 valence electrons. The molecular weight excluding hydrogens is 437 g/mol. The normalized spacial score (nSPS) is 27.3. The molecule has 5 amide bonds. The van der Waals surface area contributed by atoms with Crippen molar-refractivity contribution >= 4 is 18.0 Å². The van der Waals surface area contributed by atoms with Gasteiger partial charge in [-0.05, 0) is 61.6 Å². The van der Waals surface area contributed by atoms with Gasteiger partial charge in [-0.1, -0.05) is 12.1 Å². The lowest BCUT2D eigenvalue weighted by atomic mass is 9.76. The van der Waals surface area contributed by atoms with Crippen LogP contribution in [-0.2, 0) is 11.3 Å². The van der Waals surface area contributed by atoms with Gasteiger partial charge < -0.3 is 25.3 Å². The molecular formula is C25H34FN5O3. The number of fused-ring (bicyclic) bond motifs is 4. The monoisotopic (exact) mass is 471 g/mol. The maximum Gasteiger partial charge on any atom is 0.320 e. The minimum Gasteiger partial charge on any atom is -0.339 e. The van der Waals surface area contributed by atoms with Crippen molar-refractivity contribution in [1.29, 1.82) is 0 Å². The van der Waals surface area contributed by atoms with Crippen molar-refractivity contribution in [2.45, 2.75) is 57.2 Å². The van der Waals surface area contributed by atoms with E-state index in [1.54, 1.807) is 12.1 Å². The first-order valence-electron chi connectivity index (χ1n) is 12.6. The quantitative estimate of drug-likeness (QED) is 0.711. The van der Waals surface area contributed by atoms with Gasteiger partial charge in [0, 0.05) is 57.8 Å². The number of amides is 5. The van der Waals surface area contributed by atoms with Gasteiger partial charge in [-0.2, -0.15) is 0 Å². The van der Waals surface area contributed by atoms with Gasteiger partial charge in [-0.3, -0.25) is 4.79 Å². The summed E-state index contributed by atoms with van der Waals surface area (Å²) in [5, 5.41) is 5.80. The third kappa shape index (κ3) is 4.98. The SMILES string of the molecule is O=C(NCc1ccc(F)cc1)NC1CCN(C(=O)N2C[C@H]3C[C@H](C2)[C@H]2CCCC(=O)N2C3)CC1. The average molecular weight is 472 g/mol. The second kappa shape index (κ2) is 9.80. The first-order valence-corrected chi connectivity index (χ1v) is 12.6. The standard InChI is InChI=1S/C25H34FN5O3/c26-20-6-4-17(5-7-20)13-27-24(33)28-21-8-10-29(11-9-21)25(34)30-14-18-12-19(16-30)22-2-1-3-23(32)31(22)15-18/h4-7,18-19,21-22H,1-3,8-16H2,(H2,27,28,33)/t18-,19-,22-/m1/s1. The smallest absolute Gasteiger partial charge is 0.320 e. The minimum absolute atomic E-state index is 0.0276. The Labute approximate surface area is 199 Å². The Balaban J connectivity index is 1.07. The molecule has 0 radical (unpaired) electrons. The number of benzene rings is 1. The Bertz CT molecular complexity index is 918. The summed E-state index contributed by atoms with van der Waals surface area (Å²) in [6, 6.07) is 6.24. The molecule has 0 unspecified atom stereocenters. The highest BCUT2D eigenvalue weighted by Gasteiger charge is 2.45. The summed E-state index contributed by atoms with van der Waals surface area (Å²) in [7, 11) is 0. The van der Waals surface area contributed by atoms with Gasteiger partial charge in [0.15, 0.2) is 0 Å². The molecule has 5 rings (SSSR count). The first kappa shape index (κ1) is 22.9. The lowest BCUT2D eigenvalue weighted by Gasteiger charge is -2.53. The van der Waals surface area contributed by atoms with Crippen LogP contribution in [0.2, 0.25) is 0 Å². The van der Waals surface area contributed by atoms with E-state index in [4.69, 9.17) is 0 Å². The van der Waals surface area contributed by atoms with Crippen LogP contribution in [0.3, 0.4) is 0 Å². The van der Waals surface area contributed by atoms with Crippen LogP contribution >= 0.6 is 0 Å². The summed E-state index contributed by atoms with van der Waals surface area (Å²) in [5.74, 6) is 0.769. The fourth-order valence-electron chi connectivity index (χ4n) is 6.20. The van der Waals surface area contributed by atoms with E-state index in [9.17, 15) is 18.8 Å². The van der Waals surface area contributed by atoms with Crippen LogP contribution in [0, 0.1) is 17.7 Å². The fraction of sp³-hybridized carbons (Fsp3) is 0.640. The maximum atomic E-state index is 13.3. The fourth-order valence-corrected chi connectivity index (χ4v) is 6.20. The van der Waals surface area contributed by atoms with E-state index in [0.717, 1.165) is 57.3 Å². The number of hydrogen-bond donors (Lipinski definition) is 2. The summed E-state index contributed by atoms with van der Waals surface area (Å²) >= 11 is 0. The van der Waals surface area contributed by atoms with Crippen LogP contribution in [-0.4, -0.2) is 77.5 Å². The Kier molecular flexibility index (Phi) is 6.61. The van der Waals surface area contributed by atoms with Gasteiger partial charge in [0.05, 0.1) is 0 Å². The zero-order chi connectivity index (χ0) is 23.7. The highest BCUT2D eigenvalue weighted by molar-refractivity contribution is 5.78. The summed E-state index contributed by atoms with van der Waals surface area (Å²) in [6.45, 7) is 3.86. The van der Waals surface area contributed by atoms with Gasteiger partial charge in [-0.25, -0.2) is 14.0 Å². The molecule has 1 aromatic carbocycles. The third-order valence-electron chi connectivity index (χ3n) is 7.92. The number of nitrogens with one attached hydrogen (secondary N) is 2. The largest absolute Gasteiger partial charge is 0.339 e. The zero-order valence-electron chi connectivity index (χ0n) is 19.5. The van der Waals surface area contributed by atoms with Gasteiger partial charge >= 0.3 is 12.1 Å². The van der Waals surface area contributed by atoms with Gasteiger partial charge in [-0.15, -0.1) is 0 Å². The van der Waals surface area contributed by atoms with Gasteiger partial charge in [0.25, 0.3) is 0 Å². The number of urea groups is 2. The van der Waals surface area contributed by atoms with Crippen molar-refractivity contribution in [3.8, 4) is 0 Å². The predicted molar refractivity (Wildman–Crippen MR) is 124 cm³/mol. The Morgan fingerprint density at radius 3 is 2.53 bits per heavy atom. The van der Waals surface area contributed by atoms with Crippen molar-refractivity contribution in [2.75, 3.05) is 32.7 Å². The molecule has 2 bridgehead atoms. The summed E-state index contributed by atoms with van der Waals surface area (Å²) in [4.78, 5) is 43.9. The van der Waals surface area contributed by atoms with E-state index in [1.807, 2.05) is 9.80 Å². The van der Waals surface area contributed by atoms with E-state index in [2.05, 4.69) is 15.5 Å². The molecule has 8 nitrogen and oxygen atoms in total. The number of hydrogen-bond acceptors (Lipinski definition) is 3. The highest BCUT2D eigenvalue weighted by Crippen LogP contribution is 2.38. The summed E-state index contributed by atoms with van der Waals surface area (Å²) in [5.41, 5.74) is 0.837. The molecule has 4 aliphatic heterocycles. The number of halogens is 1. The van der Waals surface area contributed by atoms with Crippen LogP contribution in [0.1, 0.15) is 44.1 Å². The highest BCUT2D eigenvalue weighted by atomic mass is 19.1. The minimum atomic E-state index is -0.298. The Morgan fingerprint density at radius 2 is 1.76 bits per heavy atom. The van der Waals surface area contributed by atoms with E-state index in [1.165, 1.54) is 12.1 Å². The average Bonchev–Trinajstić information content (AvgIpc) is 2.84. The maximum absolute atomic E-state index is 13.3. The first-order chi connectivity index (χ1) is 16.5. The second-order valence-corrected chi connectivity index (χ2v) is 10.3. The molecule has 0 aromatic heterocycles. The van der Waals surface area contributed by atoms with Gasteiger partial charge in [0.1, 0.15) is 5.82 Å². The van der Waals surface area contributed by atoms with Crippen LogP contribution in [0.5, 0.6) is 0 Å². The van der Waals surface area contributed by atoms with E-state index in [0.29, 0.717) is 49.8 Å². The molecule has 34 heavy (non-hydrogen) atoms. The second-order valence-electron chi connectivity index (χ2n) is 10.3. The van der Waals surface area contributed by atoms with Crippen molar-refractivity contribution in [3.05, 3.63) is 35.6 Å². The number of likely N-dealkylation sites (tertiary alicyclic amines) is 2. The van der Waals surface area contributed by atoms with Crippen molar-refractivity contribution in [2.24, 2.45) is 11.8 Å². The predicted octanol–water partition coefficient (Wildman–Crippen LogP) is 2.54. The van der Waals surface area contributed by atoms with Crippen LogP contribution in [0.4, 0.5) is 14.0 Å². The molecule has 9 heteroatoms. The van der Waals surface area contributed by atoms with Crippen molar-refractivity contribution < 1.29 is 18.8 Å². The Hall–Kier alpha value is -2.84. The number of carbonyl (C=O) groups excluding carboxylic acids is 3. The topological polar surface area (TPSA) is 85.0 Å². The number of nitrogens with zero attached hydrogens (tertiary/aromatic N) is 3. The van der Waals surface area contributed by atoms with E-state index >= 15 is 0 Å². The molecule has 0 saturated carbocycles. The lowest BCUT2D eigenvalue weighted by Crippen LogP contribution is -2.62. The van der Waals surface area contributed by atoms with Crippen LogP contribution in [0.25, 0.3) is 0 Å². The molecule has 4 aliphatic rings. The van der Waals surface area contributed by atoms with Crippen molar-refractivity contribution in [3.63, 3.8) is 0 Å². The number of rotatable bonds is 3. The van der Waals surface area contributed by atoms with Crippen LogP contribution < -0.4 is 10.6 Å². The number of carbonyl (C=O) groups is 3. The summed E-state index contributed by atoms with van der Waals surface area (Å²) in [6.07, 6.45) is 5.27.